The van der Waals surface area contributed by atoms with Gasteiger partial charge in [-0.25, -0.2) is 4.79 Å². The van der Waals surface area contributed by atoms with Gasteiger partial charge in [0.05, 0.1) is 26.2 Å². The Morgan fingerprint density at radius 1 is 1.22 bits per heavy atom. The summed E-state index contributed by atoms with van der Waals surface area (Å²) in [5.41, 5.74) is 6.57. The number of hydrogen-bond donors (Lipinski definition) is 2. The molecule has 196 valence electrons. The molecular weight excluding hydrogens is 466 g/mol. The van der Waals surface area contributed by atoms with Crippen LogP contribution in [0.2, 0.25) is 0 Å². The standard InChI is InChI=1S/C24H35N7O5/c1-3-4-12-36-23-28-20(25)19-21(29-23)31(24(33)27-19)15-16-5-6-18(26-14-16)35-13-11-30-9-7-17(8-10-30)22(32)34-2/h5-6,16-17H,3-4,7-15H2,1-2H3,(H,27,33)(H2,25,28,29). The Labute approximate surface area is 209 Å². The molecule has 4 rings (SSSR count). The summed E-state index contributed by atoms with van der Waals surface area (Å²) < 4.78 is 17.8. The molecule has 36 heavy (non-hydrogen) atoms. The second-order valence-corrected chi connectivity index (χ2v) is 9.12. The molecule has 12 nitrogen and oxygen atoms in total. The van der Waals surface area contributed by atoms with Crippen LogP contribution >= 0.6 is 0 Å². The first kappa shape index (κ1) is 25.7. The normalized spacial score (nSPS) is 18.8. The Morgan fingerprint density at radius 3 is 2.72 bits per heavy atom. The molecule has 0 amide bonds. The number of imidazole rings is 1. The fourth-order valence-corrected chi connectivity index (χ4v) is 4.40. The first-order valence-electron chi connectivity index (χ1n) is 12.5. The monoisotopic (exact) mass is 501 g/mol. The second-order valence-electron chi connectivity index (χ2n) is 9.12. The van der Waals surface area contributed by atoms with Crippen LogP contribution in [0.1, 0.15) is 32.6 Å². The lowest BCUT2D eigenvalue weighted by Gasteiger charge is -2.30. The molecule has 1 fully saturated rings. The summed E-state index contributed by atoms with van der Waals surface area (Å²) in [5, 5.41) is 0. The van der Waals surface area contributed by atoms with Gasteiger partial charge in [-0.2, -0.15) is 9.97 Å². The lowest BCUT2D eigenvalue weighted by molar-refractivity contribution is -0.147. The predicted molar refractivity (Wildman–Crippen MR) is 135 cm³/mol. The molecule has 1 saturated heterocycles. The molecule has 2 aromatic heterocycles. The van der Waals surface area contributed by atoms with Crippen LogP contribution in [-0.2, 0) is 20.8 Å². The number of likely N-dealkylation sites (tertiary alicyclic amines) is 1. The topological polar surface area (TPSA) is 150 Å². The maximum Gasteiger partial charge on any atom is 0.327 e. The Kier molecular flexibility index (Phi) is 8.57. The molecule has 4 heterocycles. The Morgan fingerprint density at radius 2 is 2.03 bits per heavy atom. The molecule has 0 bridgehead atoms. The van der Waals surface area contributed by atoms with Crippen LogP contribution in [0.4, 0.5) is 5.82 Å². The highest BCUT2D eigenvalue weighted by atomic mass is 16.5. The summed E-state index contributed by atoms with van der Waals surface area (Å²) in [7, 11) is 1.44. The SMILES string of the molecule is CCCCOc1nc(N)c2[nH]c(=O)n(CC3C=CC(OCCN4CCC(C(=O)OC)CC4)=NC3)c2n1. The zero-order chi connectivity index (χ0) is 25.5. The summed E-state index contributed by atoms with van der Waals surface area (Å²) in [5.74, 6) is 0.660. The van der Waals surface area contributed by atoms with Gasteiger partial charge in [-0.05, 0) is 38.4 Å². The van der Waals surface area contributed by atoms with Crippen molar-refractivity contribution in [1.82, 2.24) is 24.4 Å². The first-order chi connectivity index (χ1) is 17.5. The highest BCUT2D eigenvalue weighted by molar-refractivity contribution is 5.88. The number of piperidine rings is 1. The molecule has 0 aromatic carbocycles. The van der Waals surface area contributed by atoms with Gasteiger partial charge in [0.15, 0.2) is 11.5 Å². The third-order valence-corrected chi connectivity index (χ3v) is 6.55. The van der Waals surface area contributed by atoms with Gasteiger partial charge in [-0.1, -0.05) is 19.4 Å². The van der Waals surface area contributed by atoms with E-state index in [1.807, 2.05) is 12.2 Å². The Bertz CT molecular complexity index is 1160. The highest BCUT2D eigenvalue weighted by Crippen LogP contribution is 2.20. The molecule has 3 N–H and O–H groups in total. The number of carbonyl (C=O) groups is 1. The number of hydrogen-bond acceptors (Lipinski definition) is 10. The summed E-state index contributed by atoms with van der Waals surface area (Å²) in [6.45, 7) is 6.46. The highest BCUT2D eigenvalue weighted by Gasteiger charge is 2.25. The van der Waals surface area contributed by atoms with Crippen molar-refractivity contribution >= 4 is 28.8 Å². The van der Waals surface area contributed by atoms with E-state index in [2.05, 4.69) is 31.8 Å². The van der Waals surface area contributed by atoms with Crippen LogP contribution in [0.3, 0.4) is 0 Å². The van der Waals surface area contributed by atoms with Gasteiger partial charge in [0.2, 0.25) is 5.90 Å². The maximum absolute atomic E-state index is 12.6. The van der Waals surface area contributed by atoms with E-state index in [0.29, 0.717) is 43.4 Å². The largest absolute Gasteiger partial charge is 0.477 e. The van der Waals surface area contributed by atoms with Crippen LogP contribution < -0.4 is 16.2 Å². The van der Waals surface area contributed by atoms with Gasteiger partial charge in [0, 0.05) is 19.0 Å². The minimum Gasteiger partial charge on any atom is -0.477 e. The van der Waals surface area contributed by atoms with Gasteiger partial charge >= 0.3 is 17.7 Å². The summed E-state index contributed by atoms with van der Waals surface area (Å²) in [6, 6.07) is 0.170. The minimum atomic E-state index is -0.299. The molecule has 0 spiro atoms. The fourth-order valence-electron chi connectivity index (χ4n) is 4.40. The third kappa shape index (κ3) is 6.23. The van der Waals surface area contributed by atoms with E-state index in [4.69, 9.17) is 19.9 Å². The van der Waals surface area contributed by atoms with Crippen LogP contribution in [0.25, 0.3) is 11.2 Å². The number of fused-ring (bicyclic) bond motifs is 1. The molecule has 12 heteroatoms. The van der Waals surface area contributed by atoms with Crippen molar-refractivity contribution in [2.24, 2.45) is 16.8 Å². The molecule has 0 aliphatic carbocycles. The van der Waals surface area contributed by atoms with Crippen LogP contribution in [0, 0.1) is 11.8 Å². The number of nitrogen functional groups attached to an aromatic ring is 1. The minimum absolute atomic E-state index is 0.00230. The number of unbranched alkanes of at least 4 members (excludes halogenated alkanes) is 1. The van der Waals surface area contributed by atoms with Gasteiger partial charge < -0.3 is 24.9 Å². The van der Waals surface area contributed by atoms with E-state index in [9.17, 15) is 9.59 Å². The van der Waals surface area contributed by atoms with E-state index in [0.717, 1.165) is 45.3 Å². The molecule has 0 saturated carbocycles. The van der Waals surface area contributed by atoms with Crippen LogP contribution in [-0.4, -0.2) is 82.8 Å². The average molecular weight is 502 g/mol. The average Bonchev–Trinajstić information content (AvgIpc) is 3.20. The number of H-pyrrole nitrogens is 1. The molecule has 1 unspecified atom stereocenters. The van der Waals surface area contributed by atoms with Crippen molar-refractivity contribution in [3.8, 4) is 6.01 Å². The van der Waals surface area contributed by atoms with Crippen molar-refractivity contribution in [2.75, 3.05) is 52.2 Å². The van der Waals surface area contributed by atoms with E-state index < -0.39 is 0 Å². The van der Waals surface area contributed by atoms with E-state index in [1.165, 1.54) is 7.11 Å². The number of aromatic amines is 1. The van der Waals surface area contributed by atoms with Crippen molar-refractivity contribution < 1.29 is 19.0 Å². The summed E-state index contributed by atoms with van der Waals surface area (Å²) in [4.78, 5) is 42.4. The number of methoxy groups -OCH3 is 1. The number of nitrogens with two attached hydrogens (primary N) is 1. The number of rotatable bonds is 10. The van der Waals surface area contributed by atoms with Crippen LogP contribution in [0.15, 0.2) is 21.9 Å². The number of aliphatic imine (C=N–C) groups is 1. The number of anilines is 1. The molecule has 1 atom stereocenters. The molecular formula is C24H35N7O5. The Hall–Kier alpha value is -3.41. The first-order valence-corrected chi connectivity index (χ1v) is 12.5. The van der Waals surface area contributed by atoms with Crippen molar-refractivity contribution in [3.05, 3.63) is 22.6 Å². The Balaban J connectivity index is 1.28. The second kappa shape index (κ2) is 12.0. The number of nitrogens with one attached hydrogen (secondary N) is 1. The number of carbonyl (C=O) groups excluding carboxylic acids is 1. The van der Waals surface area contributed by atoms with Crippen molar-refractivity contribution in [2.45, 2.75) is 39.2 Å². The lowest BCUT2D eigenvalue weighted by atomic mass is 9.97. The lowest BCUT2D eigenvalue weighted by Crippen LogP contribution is -2.38. The van der Waals surface area contributed by atoms with Gasteiger partial charge in [-0.15, -0.1) is 0 Å². The number of ether oxygens (including phenoxy) is 3. The summed E-state index contributed by atoms with van der Waals surface area (Å²) >= 11 is 0. The van der Waals surface area contributed by atoms with E-state index in [-0.39, 0.29) is 35.3 Å². The van der Waals surface area contributed by atoms with Crippen molar-refractivity contribution in [1.29, 1.82) is 0 Å². The van der Waals surface area contributed by atoms with E-state index >= 15 is 0 Å². The number of nitrogens with zero attached hydrogens (tertiary/aromatic N) is 5. The number of dihydropyridines is 1. The smallest absolute Gasteiger partial charge is 0.327 e. The molecule has 2 aliphatic rings. The van der Waals surface area contributed by atoms with Gasteiger partial charge in [0.1, 0.15) is 12.1 Å². The maximum atomic E-state index is 12.6. The number of aromatic nitrogens is 4. The molecule has 2 aromatic rings. The molecule has 2 aliphatic heterocycles. The third-order valence-electron chi connectivity index (χ3n) is 6.55. The molecule has 0 radical (unpaired) electrons. The van der Waals surface area contributed by atoms with E-state index in [1.54, 1.807) is 4.57 Å². The fraction of sp³-hybridized carbons (Fsp3) is 0.625. The predicted octanol–water partition coefficient (Wildman–Crippen LogP) is 1.37. The number of esters is 1. The van der Waals surface area contributed by atoms with Gasteiger partial charge in [-0.3, -0.25) is 19.3 Å². The zero-order valence-corrected chi connectivity index (χ0v) is 20.9. The zero-order valence-electron chi connectivity index (χ0n) is 20.9. The summed E-state index contributed by atoms with van der Waals surface area (Å²) in [6.07, 6.45) is 7.34. The van der Waals surface area contributed by atoms with Crippen molar-refractivity contribution in [3.63, 3.8) is 0 Å². The van der Waals surface area contributed by atoms with Gasteiger partial charge in [0.25, 0.3) is 0 Å². The van der Waals surface area contributed by atoms with Crippen LogP contribution in [0.5, 0.6) is 6.01 Å². The quantitative estimate of drug-likeness (QED) is 0.363.